The molecular formula is C11H21N3O3S. The van der Waals surface area contributed by atoms with E-state index >= 15 is 0 Å². The molecule has 0 fully saturated rings. The van der Waals surface area contributed by atoms with Crippen LogP contribution in [0.1, 0.15) is 32.6 Å². The van der Waals surface area contributed by atoms with Crippen molar-refractivity contribution in [2.75, 3.05) is 13.2 Å². The minimum absolute atomic E-state index is 0.0639. The number of aromatic nitrogens is 2. The van der Waals surface area contributed by atoms with Gasteiger partial charge < -0.3 is 5.11 Å². The topological polar surface area (TPSA) is 84.2 Å². The predicted octanol–water partition coefficient (Wildman–Crippen LogP) is 0.734. The van der Waals surface area contributed by atoms with E-state index in [2.05, 4.69) is 16.7 Å². The van der Waals surface area contributed by atoms with Crippen molar-refractivity contribution in [3.8, 4) is 0 Å². The predicted molar refractivity (Wildman–Crippen MR) is 68.6 cm³/mol. The van der Waals surface area contributed by atoms with Gasteiger partial charge in [-0.2, -0.15) is 5.10 Å². The van der Waals surface area contributed by atoms with Crippen LogP contribution in [0.25, 0.3) is 0 Å². The normalized spacial score (nSPS) is 11.9. The van der Waals surface area contributed by atoms with Crippen molar-refractivity contribution in [3.63, 3.8) is 0 Å². The molecule has 2 N–H and O–H groups in total. The van der Waals surface area contributed by atoms with Crippen molar-refractivity contribution in [3.05, 3.63) is 12.4 Å². The number of unbranched alkanes of at least 4 members (excludes halogenated alkanes) is 3. The highest BCUT2D eigenvalue weighted by molar-refractivity contribution is 7.89. The second kappa shape index (κ2) is 7.50. The van der Waals surface area contributed by atoms with E-state index < -0.39 is 10.0 Å². The van der Waals surface area contributed by atoms with E-state index in [4.69, 9.17) is 5.11 Å². The summed E-state index contributed by atoms with van der Waals surface area (Å²) in [6.07, 6.45) is 6.84. The first-order valence-corrected chi connectivity index (χ1v) is 7.71. The Morgan fingerprint density at radius 1 is 1.39 bits per heavy atom. The smallest absolute Gasteiger partial charge is 0.243 e. The minimum Gasteiger partial charge on any atom is -0.394 e. The van der Waals surface area contributed by atoms with Gasteiger partial charge in [0.25, 0.3) is 0 Å². The molecule has 0 unspecified atom stereocenters. The Morgan fingerprint density at radius 2 is 2.17 bits per heavy atom. The number of aliphatic hydroxyl groups is 1. The number of sulfonamides is 1. The highest BCUT2D eigenvalue weighted by Crippen LogP contribution is 2.07. The van der Waals surface area contributed by atoms with Crippen LogP contribution in [-0.2, 0) is 16.6 Å². The molecule has 1 rings (SSSR count). The zero-order valence-corrected chi connectivity index (χ0v) is 11.5. The Kier molecular flexibility index (Phi) is 6.31. The van der Waals surface area contributed by atoms with E-state index in [0.29, 0.717) is 13.1 Å². The molecule has 0 aliphatic rings. The highest BCUT2D eigenvalue weighted by atomic mass is 32.2. The second-order valence-corrected chi connectivity index (χ2v) is 5.89. The summed E-state index contributed by atoms with van der Waals surface area (Å²) in [6, 6.07) is 0. The lowest BCUT2D eigenvalue weighted by Gasteiger charge is -2.04. The van der Waals surface area contributed by atoms with Crippen LogP contribution in [-0.4, -0.2) is 36.5 Å². The van der Waals surface area contributed by atoms with Crippen molar-refractivity contribution >= 4 is 10.0 Å². The van der Waals surface area contributed by atoms with Crippen LogP contribution in [0, 0.1) is 0 Å². The number of rotatable bonds is 9. The maximum Gasteiger partial charge on any atom is 0.243 e. The summed E-state index contributed by atoms with van der Waals surface area (Å²) in [7, 11) is -3.46. The summed E-state index contributed by atoms with van der Waals surface area (Å²) < 4.78 is 27.7. The fourth-order valence-corrected chi connectivity index (χ4v) is 2.58. The van der Waals surface area contributed by atoms with Crippen molar-refractivity contribution in [1.82, 2.24) is 14.5 Å². The number of nitrogens with one attached hydrogen (secondary N) is 1. The monoisotopic (exact) mass is 275 g/mol. The van der Waals surface area contributed by atoms with Crippen molar-refractivity contribution in [1.29, 1.82) is 0 Å². The van der Waals surface area contributed by atoms with Crippen molar-refractivity contribution in [2.45, 2.75) is 44.0 Å². The van der Waals surface area contributed by atoms with E-state index in [1.165, 1.54) is 17.1 Å². The maximum absolute atomic E-state index is 11.9. The van der Waals surface area contributed by atoms with Crippen LogP contribution in [0.15, 0.2) is 17.3 Å². The Labute approximate surface area is 108 Å². The molecule has 0 saturated carbocycles. The first kappa shape index (κ1) is 15.1. The Morgan fingerprint density at radius 3 is 2.83 bits per heavy atom. The molecule has 0 radical (unpaired) electrons. The van der Waals surface area contributed by atoms with Gasteiger partial charge in [-0.3, -0.25) is 4.68 Å². The molecule has 18 heavy (non-hydrogen) atoms. The quantitative estimate of drug-likeness (QED) is 0.651. The van der Waals surface area contributed by atoms with Crippen LogP contribution in [0.4, 0.5) is 0 Å². The van der Waals surface area contributed by atoms with Gasteiger partial charge in [0.1, 0.15) is 4.90 Å². The molecule has 104 valence electrons. The minimum atomic E-state index is -3.46. The van der Waals surface area contributed by atoms with E-state index in [-0.39, 0.29) is 11.5 Å². The van der Waals surface area contributed by atoms with E-state index in [0.717, 1.165) is 25.7 Å². The third-order valence-electron chi connectivity index (χ3n) is 2.57. The van der Waals surface area contributed by atoms with Crippen LogP contribution < -0.4 is 4.72 Å². The third kappa shape index (κ3) is 4.75. The van der Waals surface area contributed by atoms with Crippen LogP contribution >= 0.6 is 0 Å². The Hall–Kier alpha value is -0.920. The zero-order chi connectivity index (χ0) is 13.4. The summed E-state index contributed by atoms with van der Waals surface area (Å²) in [6.45, 7) is 2.80. The van der Waals surface area contributed by atoms with Crippen LogP contribution in [0.5, 0.6) is 0 Å². The molecule has 1 aromatic rings. The summed E-state index contributed by atoms with van der Waals surface area (Å²) in [4.78, 5) is 0.145. The lowest BCUT2D eigenvalue weighted by Crippen LogP contribution is -2.24. The molecule has 0 aromatic carbocycles. The molecule has 0 saturated heterocycles. The number of nitrogens with zero attached hydrogens (tertiary/aromatic N) is 2. The lowest BCUT2D eigenvalue weighted by molar-refractivity contribution is 0.269. The average molecular weight is 275 g/mol. The fourth-order valence-electron chi connectivity index (χ4n) is 1.55. The molecule has 7 heteroatoms. The molecular weight excluding hydrogens is 254 g/mol. The molecule has 0 amide bonds. The molecule has 0 spiro atoms. The summed E-state index contributed by atoms with van der Waals surface area (Å²) in [5.74, 6) is 0. The van der Waals surface area contributed by atoms with Gasteiger partial charge in [0.05, 0.1) is 19.3 Å². The third-order valence-corrected chi connectivity index (χ3v) is 3.99. The lowest BCUT2D eigenvalue weighted by atomic mass is 10.2. The summed E-state index contributed by atoms with van der Waals surface area (Å²) in [5, 5.41) is 12.6. The average Bonchev–Trinajstić information content (AvgIpc) is 2.79. The van der Waals surface area contributed by atoms with Gasteiger partial charge in [0.2, 0.25) is 10.0 Å². The largest absolute Gasteiger partial charge is 0.394 e. The molecule has 0 aliphatic heterocycles. The van der Waals surface area contributed by atoms with Gasteiger partial charge in [-0.15, -0.1) is 0 Å². The van der Waals surface area contributed by atoms with Crippen molar-refractivity contribution < 1.29 is 13.5 Å². The molecule has 0 atom stereocenters. The number of hydrogen-bond donors (Lipinski definition) is 2. The molecule has 0 bridgehead atoms. The van der Waals surface area contributed by atoms with Gasteiger partial charge in [-0.05, 0) is 6.42 Å². The Balaban J connectivity index is 2.46. The van der Waals surface area contributed by atoms with Gasteiger partial charge in [0, 0.05) is 12.7 Å². The van der Waals surface area contributed by atoms with Gasteiger partial charge in [-0.25, -0.2) is 13.1 Å². The highest BCUT2D eigenvalue weighted by Gasteiger charge is 2.15. The van der Waals surface area contributed by atoms with Crippen molar-refractivity contribution in [2.24, 2.45) is 0 Å². The summed E-state index contributed by atoms with van der Waals surface area (Å²) in [5.41, 5.74) is 0. The molecule has 1 heterocycles. The van der Waals surface area contributed by atoms with Gasteiger partial charge in [0.15, 0.2) is 0 Å². The van der Waals surface area contributed by atoms with E-state index in [1.54, 1.807) is 0 Å². The second-order valence-electron chi connectivity index (χ2n) is 4.12. The SMILES string of the molecule is CCCCCCNS(=O)(=O)c1cnn(CCO)c1. The van der Waals surface area contributed by atoms with Gasteiger partial charge in [-0.1, -0.05) is 26.2 Å². The summed E-state index contributed by atoms with van der Waals surface area (Å²) >= 11 is 0. The number of aliphatic hydroxyl groups excluding tert-OH is 1. The number of hydrogen-bond acceptors (Lipinski definition) is 4. The standard InChI is InChI=1S/C11H21N3O3S/c1-2-3-4-5-6-13-18(16,17)11-9-12-14(10-11)7-8-15/h9-10,13,15H,2-8H2,1H3. The maximum atomic E-state index is 11.9. The molecule has 6 nitrogen and oxygen atoms in total. The fraction of sp³-hybridized carbons (Fsp3) is 0.727. The van der Waals surface area contributed by atoms with Crippen LogP contribution in [0.3, 0.4) is 0 Å². The Bertz CT molecular complexity index is 442. The molecule has 0 aliphatic carbocycles. The van der Waals surface area contributed by atoms with Crippen LogP contribution in [0.2, 0.25) is 0 Å². The van der Waals surface area contributed by atoms with E-state index in [1.807, 2.05) is 0 Å². The van der Waals surface area contributed by atoms with Gasteiger partial charge >= 0.3 is 0 Å². The first-order chi connectivity index (χ1) is 8.60. The first-order valence-electron chi connectivity index (χ1n) is 6.23. The van der Waals surface area contributed by atoms with E-state index in [9.17, 15) is 8.42 Å². The zero-order valence-electron chi connectivity index (χ0n) is 10.7. The molecule has 1 aromatic heterocycles.